The Labute approximate surface area is 206 Å². The first-order valence-electron chi connectivity index (χ1n) is 11.7. The summed E-state index contributed by atoms with van der Waals surface area (Å²) in [4.78, 5) is 17.2. The molecule has 0 N–H and O–H groups in total. The topological polar surface area (TPSA) is 60.5 Å². The zero-order valence-electron chi connectivity index (χ0n) is 20.5. The molecule has 0 spiro atoms. The molecule has 1 heterocycles. The van der Waals surface area contributed by atoms with E-state index in [4.69, 9.17) is 18.9 Å². The quantitative estimate of drug-likeness (QED) is 0.457. The number of nitrogens with zero attached hydrogens (tertiary/aromatic N) is 2. The molecule has 0 aromatic heterocycles. The van der Waals surface area contributed by atoms with Crippen molar-refractivity contribution in [3.8, 4) is 28.7 Å². The lowest BCUT2D eigenvalue weighted by Crippen LogP contribution is -2.48. The molecule has 3 aromatic carbocycles. The van der Waals surface area contributed by atoms with Crippen LogP contribution in [0.1, 0.15) is 11.1 Å². The summed E-state index contributed by atoms with van der Waals surface area (Å²) in [5, 5.41) is 0. The molecule has 7 nitrogen and oxygen atoms in total. The van der Waals surface area contributed by atoms with Crippen LogP contribution in [0.15, 0.2) is 66.7 Å². The third-order valence-corrected chi connectivity index (χ3v) is 6.13. The predicted octanol–water partition coefficient (Wildman–Crippen LogP) is 4.39. The summed E-state index contributed by atoms with van der Waals surface area (Å²) in [5.74, 6) is 3.59. The van der Waals surface area contributed by atoms with Crippen molar-refractivity contribution in [3.63, 3.8) is 0 Å². The van der Waals surface area contributed by atoms with Crippen LogP contribution in [0.4, 0.5) is 0 Å². The number of methoxy groups -OCH3 is 3. The lowest BCUT2D eigenvalue weighted by atomic mass is 10.1. The third kappa shape index (κ3) is 6.25. The highest BCUT2D eigenvalue weighted by Crippen LogP contribution is 2.31. The molecule has 0 radical (unpaired) electrons. The summed E-state index contributed by atoms with van der Waals surface area (Å²) in [6.07, 6.45) is 0.350. The Morgan fingerprint density at radius 2 is 1.40 bits per heavy atom. The molecule has 1 fully saturated rings. The molecule has 1 aliphatic heterocycles. The zero-order valence-corrected chi connectivity index (χ0v) is 20.5. The summed E-state index contributed by atoms with van der Waals surface area (Å²) in [5.41, 5.74) is 2.09. The maximum absolute atomic E-state index is 12.9. The highest BCUT2D eigenvalue weighted by molar-refractivity contribution is 5.79. The number of carbonyl (C=O) groups is 1. The Kier molecular flexibility index (Phi) is 8.11. The van der Waals surface area contributed by atoms with Gasteiger partial charge in [-0.3, -0.25) is 9.69 Å². The van der Waals surface area contributed by atoms with E-state index in [0.29, 0.717) is 42.5 Å². The van der Waals surface area contributed by atoms with Crippen molar-refractivity contribution in [2.24, 2.45) is 0 Å². The van der Waals surface area contributed by atoms with Crippen LogP contribution in [0.3, 0.4) is 0 Å². The first kappa shape index (κ1) is 24.4. The van der Waals surface area contributed by atoms with Gasteiger partial charge in [0, 0.05) is 32.7 Å². The second kappa shape index (κ2) is 11.6. The van der Waals surface area contributed by atoms with Crippen molar-refractivity contribution >= 4 is 5.91 Å². The smallest absolute Gasteiger partial charge is 0.227 e. The van der Waals surface area contributed by atoms with Gasteiger partial charge in [0.2, 0.25) is 5.91 Å². The zero-order chi connectivity index (χ0) is 24.6. The van der Waals surface area contributed by atoms with Crippen LogP contribution in [-0.4, -0.2) is 63.2 Å². The molecule has 0 saturated carbocycles. The molecule has 0 unspecified atom stereocenters. The Balaban J connectivity index is 1.30. The van der Waals surface area contributed by atoms with Gasteiger partial charge in [-0.2, -0.15) is 0 Å². The van der Waals surface area contributed by atoms with E-state index < -0.39 is 0 Å². The van der Waals surface area contributed by atoms with E-state index in [0.717, 1.165) is 30.9 Å². The van der Waals surface area contributed by atoms with Gasteiger partial charge in [0.25, 0.3) is 0 Å². The molecule has 0 atom stereocenters. The van der Waals surface area contributed by atoms with Crippen molar-refractivity contribution in [1.29, 1.82) is 0 Å². The van der Waals surface area contributed by atoms with Crippen LogP contribution >= 0.6 is 0 Å². The van der Waals surface area contributed by atoms with Gasteiger partial charge < -0.3 is 23.8 Å². The van der Waals surface area contributed by atoms with Gasteiger partial charge in [-0.05, 0) is 47.5 Å². The van der Waals surface area contributed by atoms with Crippen molar-refractivity contribution in [3.05, 3.63) is 77.9 Å². The second-order valence-electron chi connectivity index (χ2n) is 8.42. The first-order chi connectivity index (χ1) is 17.1. The lowest BCUT2D eigenvalue weighted by molar-refractivity contribution is -0.132. The fourth-order valence-corrected chi connectivity index (χ4v) is 4.23. The summed E-state index contributed by atoms with van der Waals surface area (Å²) < 4.78 is 22.1. The molecule has 3 aromatic rings. The molecule has 1 aliphatic rings. The number of hydrogen-bond donors (Lipinski definition) is 0. The average Bonchev–Trinajstić information content (AvgIpc) is 2.89. The summed E-state index contributed by atoms with van der Waals surface area (Å²) >= 11 is 0. The molecule has 35 heavy (non-hydrogen) atoms. The fourth-order valence-electron chi connectivity index (χ4n) is 4.23. The van der Waals surface area contributed by atoms with Gasteiger partial charge in [-0.25, -0.2) is 0 Å². The summed E-state index contributed by atoms with van der Waals surface area (Å²) in [7, 11) is 4.84. The van der Waals surface area contributed by atoms with Crippen LogP contribution in [0.2, 0.25) is 0 Å². The molecular weight excluding hydrogens is 444 g/mol. The minimum Gasteiger partial charge on any atom is -0.493 e. The van der Waals surface area contributed by atoms with Gasteiger partial charge in [0.15, 0.2) is 23.0 Å². The van der Waals surface area contributed by atoms with E-state index >= 15 is 0 Å². The van der Waals surface area contributed by atoms with Gasteiger partial charge >= 0.3 is 0 Å². The molecular formula is C28H32N2O5. The average molecular weight is 477 g/mol. The third-order valence-electron chi connectivity index (χ3n) is 6.13. The van der Waals surface area contributed by atoms with Crippen molar-refractivity contribution in [2.45, 2.75) is 13.0 Å². The molecule has 184 valence electrons. The van der Waals surface area contributed by atoms with Crippen LogP contribution in [0.5, 0.6) is 28.7 Å². The van der Waals surface area contributed by atoms with Gasteiger partial charge in [0.05, 0.1) is 27.8 Å². The highest BCUT2D eigenvalue weighted by atomic mass is 16.5. The molecule has 4 rings (SSSR count). The normalized spacial score (nSPS) is 13.9. The number of para-hydroxylation sites is 2. The number of hydrogen-bond acceptors (Lipinski definition) is 6. The van der Waals surface area contributed by atoms with Crippen molar-refractivity contribution in [2.75, 3.05) is 47.5 Å². The first-order valence-corrected chi connectivity index (χ1v) is 11.7. The van der Waals surface area contributed by atoms with Crippen LogP contribution < -0.4 is 18.9 Å². The molecule has 7 heteroatoms. The van der Waals surface area contributed by atoms with Gasteiger partial charge in [-0.15, -0.1) is 0 Å². The van der Waals surface area contributed by atoms with E-state index in [9.17, 15) is 4.79 Å². The van der Waals surface area contributed by atoms with Gasteiger partial charge in [0.1, 0.15) is 5.75 Å². The predicted molar refractivity (Wildman–Crippen MR) is 135 cm³/mol. The Morgan fingerprint density at radius 1 is 0.714 bits per heavy atom. The number of rotatable bonds is 9. The Bertz CT molecular complexity index is 1140. The summed E-state index contributed by atoms with van der Waals surface area (Å²) in [6.45, 7) is 3.89. The number of amides is 1. The van der Waals surface area contributed by atoms with Crippen molar-refractivity contribution in [1.82, 2.24) is 9.80 Å². The van der Waals surface area contributed by atoms with Crippen molar-refractivity contribution < 1.29 is 23.7 Å². The standard InChI is InChI=1S/C28H32N2O5/c1-32-24-9-4-5-10-26(24)35-23-8-6-7-22(17-23)20-29-13-15-30(16-14-29)28(31)19-21-11-12-25(33-2)27(18-21)34-3/h4-12,17-18H,13-16,19-20H2,1-3H3. The van der Waals surface area contributed by atoms with Crippen LogP contribution in [0.25, 0.3) is 0 Å². The summed E-state index contributed by atoms with van der Waals surface area (Å²) in [6, 6.07) is 21.3. The van der Waals surface area contributed by atoms with E-state index in [1.807, 2.05) is 59.5 Å². The largest absolute Gasteiger partial charge is 0.493 e. The molecule has 1 amide bonds. The minimum absolute atomic E-state index is 0.129. The number of ether oxygens (including phenoxy) is 4. The molecule has 0 bridgehead atoms. The van der Waals surface area contributed by atoms with E-state index in [-0.39, 0.29) is 5.91 Å². The maximum atomic E-state index is 12.9. The van der Waals surface area contributed by atoms with E-state index in [1.54, 1.807) is 21.3 Å². The monoisotopic (exact) mass is 476 g/mol. The molecule has 0 aliphatic carbocycles. The number of benzene rings is 3. The highest BCUT2D eigenvalue weighted by Gasteiger charge is 2.22. The lowest BCUT2D eigenvalue weighted by Gasteiger charge is -2.35. The fraction of sp³-hybridized carbons (Fsp3) is 0.321. The van der Waals surface area contributed by atoms with E-state index in [2.05, 4.69) is 17.0 Å². The number of piperazine rings is 1. The van der Waals surface area contributed by atoms with Gasteiger partial charge in [-0.1, -0.05) is 30.3 Å². The molecule has 1 saturated heterocycles. The number of carbonyl (C=O) groups excluding carboxylic acids is 1. The second-order valence-corrected chi connectivity index (χ2v) is 8.42. The van der Waals surface area contributed by atoms with Crippen LogP contribution in [-0.2, 0) is 17.8 Å². The van der Waals surface area contributed by atoms with E-state index in [1.165, 1.54) is 5.56 Å². The Morgan fingerprint density at radius 3 is 2.11 bits per heavy atom. The Hall–Kier alpha value is -3.71. The maximum Gasteiger partial charge on any atom is 0.227 e. The SMILES string of the molecule is COc1ccc(CC(=O)N2CCN(Cc3cccc(Oc4ccccc4OC)c3)CC2)cc1OC. The van der Waals surface area contributed by atoms with Crippen LogP contribution in [0, 0.1) is 0 Å². The minimum atomic E-state index is 0.129.